The van der Waals surface area contributed by atoms with Crippen molar-refractivity contribution in [2.45, 2.75) is 12.3 Å². The Kier molecular flexibility index (Phi) is 3.11. The molecule has 17 heavy (non-hydrogen) atoms. The lowest BCUT2D eigenvalue weighted by Crippen LogP contribution is -1.97. The fourth-order valence-corrected chi connectivity index (χ4v) is 2.20. The van der Waals surface area contributed by atoms with Gasteiger partial charge in [-0.15, -0.1) is 10.2 Å². The second-order valence-corrected chi connectivity index (χ2v) is 5.26. The van der Waals surface area contributed by atoms with Gasteiger partial charge in [-0.2, -0.15) is 0 Å². The summed E-state index contributed by atoms with van der Waals surface area (Å²) in [6.07, 6.45) is 0.967. The summed E-state index contributed by atoms with van der Waals surface area (Å²) in [4.78, 5) is 0. The van der Waals surface area contributed by atoms with Crippen molar-refractivity contribution in [2.75, 3.05) is 13.2 Å². The van der Waals surface area contributed by atoms with Gasteiger partial charge in [-0.3, -0.25) is 0 Å². The third-order valence-corrected chi connectivity index (χ3v) is 3.53. The number of hydrogen-bond donors (Lipinski definition) is 0. The van der Waals surface area contributed by atoms with Crippen LogP contribution in [-0.2, 0) is 4.74 Å². The van der Waals surface area contributed by atoms with Gasteiger partial charge in [0.25, 0.3) is 0 Å². The Morgan fingerprint density at radius 2 is 2.00 bits per heavy atom. The first kappa shape index (κ1) is 11.2. The summed E-state index contributed by atoms with van der Waals surface area (Å²) < 4.78 is 12.2. The standard InChI is InChI=1S/C12H11IN2O2/c13-10-3-1-8(2-4-10)11-14-15-12(17-11)9-5-6-16-7-9/h1-4,9H,5-7H2. The lowest BCUT2D eigenvalue weighted by molar-refractivity contribution is 0.191. The summed E-state index contributed by atoms with van der Waals surface area (Å²) in [5.74, 6) is 1.54. The molecule has 3 rings (SSSR count). The van der Waals surface area contributed by atoms with E-state index in [1.165, 1.54) is 3.57 Å². The van der Waals surface area contributed by atoms with Crippen molar-refractivity contribution in [3.63, 3.8) is 0 Å². The highest BCUT2D eigenvalue weighted by atomic mass is 127. The summed E-state index contributed by atoms with van der Waals surface area (Å²) in [7, 11) is 0. The van der Waals surface area contributed by atoms with Crippen LogP contribution in [0.4, 0.5) is 0 Å². The van der Waals surface area contributed by atoms with Gasteiger partial charge in [-0.05, 0) is 53.3 Å². The van der Waals surface area contributed by atoms with Gasteiger partial charge in [0.1, 0.15) is 0 Å². The van der Waals surface area contributed by atoms with Crippen LogP contribution in [0.5, 0.6) is 0 Å². The van der Waals surface area contributed by atoms with Crippen LogP contribution >= 0.6 is 22.6 Å². The van der Waals surface area contributed by atoms with E-state index in [1.807, 2.05) is 24.3 Å². The first-order valence-electron chi connectivity index (χ1n) is 5.50. The molecule has 0 aliphatic carbocycles. The molecule has 1 aliphatic rings. The normalized spacial score (nSPS) is 19.7. The zero-order valence-corrected chi connectivity index (χ0v) is 11.3. The van der Waals surface area contributed by atoms with Crippen molar-refractivity contribution in [1.82, 2.24) is 10.2 Å². The first-order chi connectivity index (χ1) is 8.33. The molecule has 0 amide bonds. The second-order valence-electron chi connectivity index (χ2n) is 4.01. The third-order valence-electron chi connectivity index (χ3n) is 2.81. The van der Waals surface area contributed by atoms with Gasteiger partial charge in [0, 0.05) is 15.7 Å². The molecular formula is C12H11IN2O2. The van der Waals surface area contributed by atoms with E-state index in [4.69, 9.17) is 9.15 Å². The molecular weight excluding hydrogens is 331 g/mol. The molecule has 88 valence electrons. The molecule has 0 spiro atoms. The lowest BCUT2D eigenvalue weighted by Gasteiger charge is -1.99. The lowest BCUT2D eigenvalue weighted by atomic mass is 10.1. The Morgan fingerprint density at radius 3 is 2.71 bits per heavy atom. The van der Waals surface area contributed by atoms with Gasteiger partial charge < -0.3 is 9.15 Å². The maximum atomic E-state index is 5.69. The molecule has 2 aromatic rings. The highest BCUT2D eigenvalue weighted by Gasteiger charge is 2.23. The van der Waals surface area contributed by atoms with Crippen LogP contribution in [-0.4, -0.2) is 23.4 Å². The molecule has 5 heteroatoms. The molecule has 1 aromatic heterocycles. The molecule has 4 nitrogen and oxygen atoms in total. The largest absolute Gasteiger partial charge is 0.420 e. The Labute approximate surface area is 113 Å². The molecule has 0 bridgehead atoms. The molecule has 2 heterocycles. The minimum Gasteiger partial charge on any atom is -0.420 e. The number of benzene rings is 1. The quantitative estimate of drug-likeness (QED) is 0.788. The Morgan fingerprint density at radius 1 is 1.18 bits per heavy atom. The third kappa shape index (κ3) is 2.35. The zero-order valence-electron chi connectivity index (χ0n) is 9.10. The van der Waals surface area contributed by atoms with Crippen LogP contribution < -0.4 is 0 Å². The van der Waals surface area contributed by atoms with Crippen LogP contribution in [0.15, 0.2) is 28.7 Å². The van der Waals surface area contributed by atoms with Gasteiger partial charge >= 0.3 is 0 Å². The van der Waals surface area contributed by atoms with Crippen molar-refractivity contribution >= 4 is 22.6 Å². The van der Waals surface area contributed by atoms with Gasteiger partial charge in [-0.25, -0.2) is 0 Å². The number of halogens is 1. The molecule has 1 aliphatic heterocycles. The van der Waals surface area contributed by atoms with Gasteiger partial charge in [0.15, 0.2) is 0 Å². The molecule has 1 saturated heterocycles. The number of aromatic nitrogens is 2. The Balaban J connectivity index is 1.86. The number of nitrogens with zero attached hydrogens (tertiary/aromatic N) is 2. The van der Waals surface area contributed by atoms with E-state index >= 15 is 0 Å². The predicted molar refractivity (Wildman–Crippen MR) is 70.6 cm³/mol. The van der Waals surface area contributed by atoms with Gasteiger partial charge in [0.05, 0.1) is 12.5 Å². The van der Waals surface area contributed by atoms with Crippen molar-refractivity contribution in [1.29, 1.82) is 0 Å². The summed E-state index contributed by atoms with van der Waals surface area (Å²) in [6.45, 7) is 1.47. The van der Waals surface area contributed by atoms with E-state index < -0.39 is 0 Å². The smallest absolute Gasteiger partial charge is 0.247 e. The molecule has 1 fully saturated rings. The van der Waals surface area contributed by atoms with Crippen LogP contribution in [0.1, 0.15) is 18.2 Å². The van der Waals surface area contributed by atoms with Crippen LogP contribution in [0.2, 0.25) is 0 Å². The maximum Gasteiger partial charge on any atom is 0.247 e. The van der Waals surface area contributed by atoms with Crippen LogP contribution in [0.3, 0.4) is 0 Å². The number of ether oxygens (including phenoxy) is 1. The Hall–Kier alpha value is -0.950. The van der Waals surface area contributed by atoms with E-state index in [2.05, 4.69) is 32.8 Å². The minimum absolute atomic E-state index is 0.264. The first-order valence-corrected chi connectivity index (χ1v) is 6.58. The maximum absolute atomic E-state index is 5.69. The minimum atomic E-state index is 0.264. The fraction of sp³-hybridized carbons (Fsp3) is 0.333. The average molecular weight is 342 g/mol. The summed E-state index contributed by atoms with van der Waals surface area (Å²) >= 11 is 2.27. The summed E-state index contributed by atoms with van der Waals surface area (Å²) in [5.41, 5.74) is 0.961. The highest BCUT2D eigenvalue weighted by Crippen LogP contribution is 2.27. The van der Waals surface area contributed by atoms with E-state index in [9.17, 15) is 0 Å². The highest BCUT2D eigenvalue weighted by molar-refractivity contribution is 14.1. The summed E-state index contributed by atoms with van der Waals surface area (Å²) in [5, 5.41) is 8.18. The molecule has 1 unspecified atom stereocenters. The molecule has 0 N–H and O–H groups in total. The van der Waals surface area contributed by atoms with E-state index in [0.717, 1.165) is 18.6 Å². The molecule has 1 aromatic carbocycles. The Bertz CT molecular complexity index is 503. The van der Waals surface area contributed by atoms with Crippen LogP contribution in [0, 0.1) is 3.57 Å². The summed E-state index contributed by atoms with van der Waals surface area (Å²) in [6, 6.07) is 8.03. The number of hydrogen-bond acceptors (Lipinski definition) is 4. The monoisotopic (exact) mass is 342 g/mol. The fourth-order valence-electron chi connectivity index (χ4n) is 1.84. The average Bonchev–Trinajstić information content (AvgIpc) is 3.00. The zero-order chi connectivity index (χ0) is 11.7. The van der Waals surface area contributed by atoms with Gasteiger partial charge in [0.2, 0.25) is 11.8 Å². The topological polar surface area (TPSA) is 48.2 Å². The van der Waals surface area contributed by atoms with Crippen molar-refractivity contribution in [2.24, 2.45) is 0 Å². The van der Waals surface area contributed by atoms with Crippen molar-refractivity contribution in [3.05, 3.63) is 33.7 Å². The second kappa shape index (κ2) is 4.73. The van der Waals surface area contributed by atoms with Crippen LogP contribution in [0.25, 0.3) is 11.5 Å². The van der Waals surface area contributed by atoms with E-state index in [1.54, 1.807) is 0 Å². The molecule has 1 atom stereocenters. The predicted octanol–water partition coefficient (Wildman–Crippen LogP) is 2.85. The van der Waals surface area contributed by atoms with Crippen molar-refractivity contribution in [3.8, 4) is 11.5 Å². The SMILES string of the molecule is Ic1ccc(-c2nnc(C3CCOC3)o2)cc1. The molecule has 0 saturated carbocycles. The van der Waals surface area contributed by atoms with E-state index in [-0.39, 0.29) is 5.92 Å². The molecule has 0 radical (unpaired) electrons. The van der Waals surface area contributed by atoms with Crippen molar-refractivity contribution < 1.29 is 9.15 Å². The van der Waals surface area contributed by atoms with Gasteiger partial charge in [-0.1, -0.05) is 0 Å². The van der Waals surface area contributed by atoms with E-state index in [0.29, 0.717) is 18.4 Å². The number of rotatable bonds is 2.